The van der Waals surface area contributed by atoms with Gasteiger partial charge < -0.3 is 18.9 Å². The zero-order valence-corrected chi connectivity index (χ0v) is 16.6. The van der Waals surface area contributed by atoms with Gasteiger partial charge in [-0.3, -0.25) is 9.59 Å². The van der Waals surface area contributed by atoms with Crippen molar-refractivity contribution in [2.75, 3.05) is 28.4 Å². The molecule has 0 N–H and O–H groups in total. The Balaban J connectivity index is 0.000000277. The van der Waals surface area contributed by atoms with Crippen LogP contribution in [0, 0.1) is 0 Å². The second-order valence-electron chi connectivity index (χ2n) is 5.70. The first-order chi connectivity index (χ1) is 12.9. The summed E-state index contributed by atoms with van der Waals surface area (Å²) in [6.45, 7) is 3.07. The number of carbonyl (C=O) groups is 2. The number of methoxy groups -OCH3 is 4. The lowest BCUT2D eigenvalue weighted by atomic mass is 10.1. The maximum atomic E-state index is 11.2. The van der Waals surface area contributed by atoms with Gasteiger partial charge in [0.2, 0.25) is 5.75 Å². The van der Waals surface area contributed by atoms with E-state index in [1.807, 2.05) is 24.3 Å². The topological polar surface area (TPSA) is 71.1 Å². The molecule has 0 saturated heterocycles. The Morgan fingerprint density at radius 2 is 1.30 bits per heavy atom. The lowest BCUT2D eigenvalue weighted by Gasteiger charge is -2.12. The Bertz CT molecular complexity index is 740. The van der Waals surface area contributed by atoms with Gasteiger partial charge in [0.25, 0.3) is 0 Å². The van der Waals surface area contributed by atoms with Crippen molar-refractivity contribution in [2.24, 2.45) is 0 Å². The summed E-state index contributed by atoms with van der Waals surface area (Å²) < 4.78 is 20.3. The summed E-state index contributed by atoms with van der Waals surface area (Å²) in [5.41, 5.74) is 1.56. The van der Waals surface area contributed by atoms with E-state index in [-0.39, 0.29) is 11.6 Å². The van der Waals surface area contributed by atoms with Crippen molar-refractivity contribution in [3.8, 4) is 23.0 Å². The van der Waals surface area contributed by atoms with E-state index in [9.17, 15) is 9.59 Å². The average Bonchev–Trinajstić information content (AvgIpc) is 2.67. The van der Waals surface area contributed by atoms with Crippen LogP contribution in [0.3, 0.4) is 0 Å². The van der Waals surface area contributed by atoms with Crippen LogP contribution in [0.2, 0.25) is 0 Å². The first kappa shape index (κ1) is 22.0. The highest BCUT2D eigenvalue weighted by molar-refractivity contribution is 5.95. The molecule has 0 heterocycles. The van der Waals surface area contributed by atoms with Crippen LogP contribution in [-0.4, -0.2) is 40.0 Å². The molecule has 2 aromatic carbocycles. The molecular weight excluding hydrogens is 348 g/mol. The third kappa shape index (κ3) is 6.66. The fourth-order valence-corrected chi connectivity index (χ4v) is 2.32. The van der Waals surface area contributed by atoms with Crippen LogP contribution in [0.5, 0.6) is 23.0 Å². The van der Waals surface area contributed by atoms with E-state index in [2.05, 4.69) is 0 Å². The van der Waals surface area contributed by atoms with Crippen LogP contribution < -0.4 is 18.9 Å². The smallest absolute Gasteiger partial charge is 0.203 e. The lowest BCUT2D eigenvalue weighted by molar-refractivity contribution is -0.116. The molecule has 0 aliphatic heterocycles. The minimum absolute atomic E-state index is 0.0470. The molecule has 6 heteroatoms. The van der Waals surface area contributed by atoms with Crippen LogP contribution in [0.1, 0.15) is 29.8 Å². The summed E-state index contributed by atoms with van der Waals surface area (Å²) in [6, 6.07) is 10.8. The second kappa shape index (κ2) is 10.9. The summed E-state index contributed by atoms with van der Waals surface area (Å²) in [4.78, 5) is 22.0. The summed E-state index contributed by atoms with van der Waals surface area (Å²) in [7, 11) is 6.18. The van der Waals surface area contributed by atoms with E-state index in [0.717, 1.165) is 11.3 Å². The zero-order chi connectivity index (χ0) is 20.4. The number of rotatable bonds is 7. The van der Waals surface area contributed by atoms with E-state index in [0.29, 0.717) is 29.2 Å². The molecule has 2 aromatic rings. The Kier molecular flexibility index (Phi) is 8.85. The summed E-state index contributed by atoms with van der Waals surface area (Å²) in [5.74, 6) is 2.42. The number of hydrogen-bond donors (Lipinski definition) is 0. The van der Waals surface area contributed by atoms with E-state index in [4.69, 9.17) is 18.9 Å². The third-order valence-electron chi connectivity index (χ3n) is 3.68. The van der Waals surface area contributed by atoms with Gasteiger partial charge in [0.15, 0.2) is 17.3 Å². The number of carbonyl (C=O) groups excluding carboxylic acids is 2. The van der Waals surface area contributed by atoms with Crippen molar-refractivity contribution in [3.05, 3.63) is 47.5 Å². The van der Waals surface area contributed by atoms with Crippen molar-refractivity contribution >= 4 is 11.6 Å². The van der Waals surface area contributed by atoms with E-state index >= 15 is 0 Å². The van der Waals surface area contributed by atoms with Crippen LogP contribution in [0.15, 0.2) is 36.4 Å². The fourth-order valence-electron chi connectivity index (χ4n) is 2.32. The summed E-state index contributed by atoms with van der Waals surface area (Å²) in [6.07, 6.45) is 0.504. The Hall–Kier alpha value is -3.02. The number of ether oxygens (including phenoxy) is 4. The van der Waals surface area contributed by atoms with Gasteiger partial charge >= 0.3 is 0 Å². The molecule has 146 valence electrons. The van der Waals surface area contributed by atoms with Gasteiger partial charge in [-0.05, 0) is 43.7 Å². The predicted molar refractivity (Wildman–Crippen MR) is 103 cm³/mol. The van der Waals surface area contributed by atoms with Crippen LogP contribution >= 0.6 is 0 Å². The molecule has 0 aromatic heterocycles. The molecule has 0 fully saturated rings. The van der Waals surface area contributed by atoms with Gasteiger partial charge in [-0.25, -0.2) is 0 Å². The van der Waals surface area contributed by atoms with Gasteiger partial charge in [0.05, 0.1) is 28.4 Å². The molecule has 0 unspecified atom stereocenters. The van der Waals surface area contributed by atoms with Crippen molar-refractivity contribution in [1.29, 1.82) is 0 Å². The predicted octanol–water partition coefficient (Wildman–Crippen LogP) is 3.74. The third-order valence-corrected chi connectivity index (χ3v) is 3.68. The minimum Gasteiger partial charge on any atom is -0.497 e. The Morgan fingerprint density at radius 3 is 1.63 bits per heavy atom. The molecule has 0 aliphatic rings. The van der Waals surface area contributed by atoms with Crippen LogP contribution in [-0.2, 0) is 11.2 Å². The standard InChI is InChI=1S/C11H14O4.C10H12O2/c1-7(12)8-5-9(13-2)11(15-4)10(6-8)14-3;1-8(11)7-9-3-5-10(12-2)6-4-9/h5-6H,1-4H3;3-6H,7H2,1-2H3. The molecule has 0 radical (unpaired) electrons. The van der Waals surface area contributed by atoms with Gasteiger partial charge in [-0.1, -0.05) is 12.1 Å². The molecule has 0 spiro atoms. The highest BCUT2D eigenvalue weighted by Crippen LogP contribution is 2.38. The van der Waals surface area contributed by atoms with Crippen LogP contribution in [0.25, 0.3) is 0 Å². The van der Waals surface area contributed by atoms with E-state index < -0.39 is 0 Å². The Morgan fingerprint density at radius 1 is 0.778 bits per heavy atom. The largest absolute Gasteiger partial charge is 0.497 e. The molecular formula is C21H26O6. The lowest BCUT2D eigenvalue weighted by Crippen LogP contribution is -1.99. The number of benzene rings is 2. The van der Waals surface area contributed by atoms with Gasteiger partial charge in [-0.15, -0.1) is 0 Å². The van der Waals surface area contributed by atoms with Crippen molar-refractivity contribution in [1.82, 2.24) is 0 Å². The van der Waals surface area contributed by atoms with Crippen LogP contribution in [0.4, 0.5) is 0 Å². The van der Waals surface area contributed by atoms with Gasteiger partial charge in [0, 0.05) is 12.0 Å². The minimum atomic E-state index is -0.0470. The first-order valence-corrected chi connectivity index (χ1v) is 8.29. The maximum Gasteiger partial charge on any atom is 0.203 e. The van der Waals surface area contributed by atoms with Crippen molar-refractivity contribution < 1.29 is 28.5 Å². The second-order valence-corrected chi connectivity index (χ2v) is 5.70. The molecule has 27 heavy (non-hydrogen) atoms. The van der Waals surface area contributed by atoms with Gasteiger partial charge in [0.1, 0.15) is 11.5 Å². The zero-order valence-electron chi connectivity index (χ0n) is 16.6. The van der Waals surface area contributed by atoms with Crippen molar-refractivity contribution in [3.63, 3.8) is 0 Å². The normalized spacial score (nSPS) is 9.56. The quantitative estimate of drug-likeness (QED) is 0.688. The van der Waals surface area contributed by atoms with E-state index in [1.165, 1.54) is 28.3 Å². The SMILES string of the molecule is COc1cc(C(C)=O)cc(OC)c1OC.COc1ccc(CC(C)=O)cc1. The molecule has 0 aliphatic carbocycles. The molecule has 2 rings (SSSR count). The fraction of sp³-hybridized carbons (Fsp3) is 0.333. The van der Waals surface area contributed by atoms with Gasteiger partial charge in [-0.2, -0.15) is 0 Å². The molecule has 0 atom stereocenters. The Labute approximate surface area is 160 Å². The summed E-state index contributed by atoms with van der Waals surface area (Å²) >= 11 is 0. The monoisotopic (exact) mass is 374 g/mol. The highest BCUT2D eigenvalue weighted by Gasteiger charge is 2.14. The molecule has 0 saturated carbocycles. The van der Waals surface area contributed by atoms with E-state index in [1.54, 1.807) is 26.2 Å². The number of Topliss-reactive ketones (excluding diaryl/α,β-unsaturated/α-hetero) is 2. The number of hydrogen-bond acceptors (Lipinski definition) is 6. The molecule has 6 nitrogen and oxygen atoms in total. The first-order valence-electron chi connectivity index (χ1n) is 8.29. The summed E-state index contributed by atoms with van der Waals surface area (Å²) in [5, 5.41) is 0. The molecule has 0 bridgehead atoms. The highest BCUT2D eigenvalue weighted by atomic mass is 16.5. The average molecular weight is 374 g/mol. The maximum absolute atomic E-state index is 11.2. The molecule has 0 amide bonds. The number of ketones is 2. The van der Waals surface area contributed by atoms with Crippen molar-refractivity contribution in [2.45, 2.75) is 20.3 Å².